The summed E-state index contributed by atoms with van der Waals surface area (Å²) in [5.41, 5.74) is -0.384. The minimum Gasteiger partial charge on any atom is -0.377 e. The van der Waals surface area contributed by atoms with E-state index < -0.39 is 17.2 Å². The Morgan fingerprint density at radius 1 is 1.33 bits per heavy atom. The first-order valence-corrected chi connectivity index (χ1v) is 8.09. The summed E-state index contributed by atoms with van der Waals surface area (Å²) in [4.78, 5) is 0. The van der Waals surface area contributed by atoms with Crippen LogP contribution < -0.4 is 5.32 Å². The zero-order chi connectivity index (χ0) is 16.0. The molecule has 0 fully saturated rings. The van der Waals surface area contributed by atoms with Crippen molar-refractivity contribution >= 4 is 15.9 Å². The molecule has 0 heterocycles. The smallest absolute Gasteiger partial charge is 0.143 e. The molecule has 0 aliphatic heterocycles. The summed E-state index contributed by atoms with van der Waals surface area (Å²) in [7, 11) is 1.64. The van der Waals surface area contributed by atoms with Gasteiger partial charge in [-0.1, -0.05) is 13.8 Å². The van der Waals surface area contributed by atoms with Gasteiger partial charge in [0.1, 0.15) is 11.6 Å². The molecule has 0 aromatic heterocycles. The molecular formula is C16H24BrF2NO. The minimum absolute atomic E-state index is 0.0923. The van der Waals surface area contributed by atoms with E-state index in [1.54, 1.807) is 7.11 Å². The topological polar surface area (TPSA) is 21.3 Å². The molecule has 21 heavy (non-hydrogen) atoms. The van der Waals surface area contributed by atoms with E-state index in [4.69, 9.17) is 4.74 Å². The van der Waals surface area contributed by atoms with Crippen LogP contribution in [0.25, 0.3) is 0 Å². The molecule has 1 aromatic rings. The number of hydrogen-bond donors (Lipinski definition) is 1. The second-order valence-electron chi connectivity index (χ2n) is 5.40. The van der Waals surface area contributed by atoms with Crippen molar-refractivity contribution in [2.45, 2.75) is 51.7 Å². The van der Waals surface area contributed by atoms with Gasteiger partial charge in [-0.25, -0.2) is 8.78 Å². The predicted molar refractivity (Wildman–Crippen MR) is 85.5 cm³/mol. The van der Waals surface area contributed by atoms with E-state index in [1.807, 2.05) is 13.8 Å². The molecule has 0 spiro atoms. The fourth-order valence-corrected chi connectivity index (χ4v) is 2.69. The largest absolute Gasteiger partial charge is 0.377 e. The first kappa shape index (κ1) is 18.5. The van der Waals surface area contributed by atoms with E-state index in [2.05, 4.69) is 28.2 Å². The van der Waals surface area contributed by atoms with Crippen molar-refractivity contribution in [2.24, 2.45) is 0 Å². The lowest BCUT2D eigenvalue weighted by atomic mass is 9.87. The van der Waals surface area contributed by atoms with Gasteiger partial charge in [0.05, 0.1) is 10.1 Å². The Hall–Kier alpha value is -0.520. The summed E-state index contributed by atoms with van der Waals surface area (Å²) in [6, 6.07) is 2.51. The molecule has 0 bridgehead atoms. The Morgan fingerprint density at radius 3 is 2.52 bits per heavy atom. The molecule has 0 saturated carbocycles. The molecule has 0 amide bonds. The maximum absolute atomic E-state index is 14.2. The molecule has 1 N–H and O–H groups in total. The summed E-state index contributed by atoms with van der Waals surface area (Å²) in [5, 5.41) is 3.36. The molecule has 0 aliphatic rings. The van der Waals surface area contributed by atoms with Gasteiger partial charge in [0.2, 0.25) is 0 Å². The maximum atomic E-state index is 14.2. The zero-order valence-electron chi connectivity index (χ0n) is 13.1. The number of halogens is 3. The highest BCUT2D eigenvalue weighted by Crippen LogP contribution is 2.27. The molecular weight excluding hydrogens is 340 g/mol. The number of methoxy groups -OCH3 is 1. The van der Waals surface area contributed by atoms with Gasteiger partial charge >= 0.3 is 0 Å². The van der Waals surface area contributed by atoms with Gasteiger partial charge in [0.15, 0.2) is 0 Å². The maximum Gasteiger partial charge on any atom is 0.143 e. The van der Waals surface area contributed by atoms with Gasteiger partial charge in [-0.3, -0.25) is 0 Å². The monoisotopic (exact) mass is 363 g/mol. The van der Waals surface area contributed by atoms with Gasteiger partial charge in [-0.2, -0.15) is 0 Å². The summed E-state index contributed by atoms with van der Waals surface area (Å²) in [5.74, 6) is -1.05. The lowest BCUT2D eigenvalue weighted by molar-refractivity contribution is -0.0290. The third-order valence-corrected chi connectivity index (χ3v) is 4.71. The van der Waals surface area contributed by atoms with Gasteiger partial charge in [0, 0.05) is 18.7 Å². The van der Waals surface area contributed by atoms with Crippen LogP contribution in [0.3, 0.4) is 0 Å². The van der Waals surface area contributed by atoms with Crippen molar-refractivity contribution in [1.29, 1.82) is 0 Å². The Labute approximate surface area is 134 Å². The standard InChI is InChI=1S/C16H24BrF2NO/c1-5-9-20-14(16(3,6-2)21-4)10-11-13(18)8-7-12(17)15(11)19/h7-8,14,20H,5-6,9-10H2,1-4H3. The molecule has 5 heteroatoms. The normalized spacial score (nSPS) is 15.8. The summed E-state index contributed by atoms with van der Waals surface area (Å²) < 4.78 is 34.1. The van der Waals surface area contributed by atoms with E-state index >= 15 is 0 Å². The first-order valence-electron chi connectivity index (χ1n) is 7.30. The van der Waals surface area contributed by atoms with Crippen LogP contribution in [0.1, 0.15) is 39.2 Å². The third-order valence-electron chi connectivity index (χ3n) is 4.09. The molecule has 2 atom stereocenters. The highest BCUT2D eigenvalue weighted by Gasteiger charge is 2.33. The number of nitrogens with one attached hydrogen (secondary N) is 1. The Kier molecular flexibility index (Phi) is 7.24. The zero-order valence-corrected chi connectivity index (χ0v) is 14.7. The Morgan fingerprint density at radius 2 is 2.00 bits per heavy atom. The minimum atomic E-state index is -0.534. The van der Waals surface area contributed by atoms with Crippen LogP contribution in [-0.2, 0) is 11.2 Å². The molecule has 1 rings (SSSR count). The van der Waals surface area contributed by atoms with Crippen LogP contribution in [0.2, 0.25) is 0 Å². The SMILES string of the molecule is CCCNC(Cc1c(F)ccc(Br)c1F)C(C)(CC)OC. The lowest BCUT2D eigenvalue weighted by Crippen LogP contribution is -2.51. The predicted octanol–water partition coefficient (Wildman–Crippen LogP) is 4.45. The van der Waals surface area contributed by atoms with Gasteiger partial charge in [-0.15, -0.1) is 0 Å². The van der Waals surface area contributed by atoms with E-state index in [1.165, 1.54) is 12.1 Å². The molecule has 0 saturated heterocycles. The summed E-state index contributed by atoms with van der Waals surface area (Å²) >= 11 is 3.11. The highest BCUT2D eigenvalue weighted by molar-refractivity contribution is 9.10. The highest BCUT2D eigenvalue weighted by atomic mass is 79.9. The van der Waals surface area contributed by atoms with Crippen molar-refractivity contribution < 1.29 is 13.5 Å². The number of hydrogen-bond acceptors (Lipinski definition) is 2. The summed E-state index contributed by atoms with van der Waals surface area (Å²) in [6.45, 7) is 6.81. The van der Waals surface area contributed by atoms with Crippen molar-refractivity contribution in [3.05, 3.63) is 33.8 Å². The molecule has 120 valence electrons. The second-order valence-corrected chi connectivity index (χ2v) is 6.26. The average Bonchev–Trinajstić information content (AvgIpc) is 2.49. The van der Waals surface area contributed by atoms with E-state index in [0.717, 1.165) is 19.4 Å². The number of benzene rings is 1. The third kappa shape index (κ3) is 4.47. The number of rotatable bonds is 8. The molecule has 1 aromatic carbocycles. The number of ether oxygens (including phenoxy) is 1. The van der Waals surface area contributed by atoms with Gasteiger partial charge in [0.25, 0.3) is 0 Å². The molecule has 0 aliphatic carbocycles. The van der Waals surface area contributed by atoms with Crippen LogP contribution in [0.5, 0.6) is 0 Å². The quantitative estimate of drug-likeness (QED) is 0.688. The average molecular weight is 364 g/mol. The van der Waals surface area contributed by atoms with Gasteiger partial charge < -0.3 is 10.1 Å². The van der Waals surface area contributed by atoms with E-state index in [0.29, 0.717) is 0 Å². The van der Waals surface area contributed by atoms with Crippen LogP contribution >= 0.6 is 15.9 Å². The van der Waals surface area contributed by atoms with Crippen molar-refractivity contribution in [1.82, 2.24) is 5.32 Å². The van der Waals surface area contributed by atoms with E-state index in [-0.39, 0.29) is 22.5 Å². The summed E-state index contributed by atoms with van der Waals surface area (Å²) in [6.07, 6.45) is 1.95. The van der Waals surface area contributed by atoms with Crippen LogP contribution in [0.4, 0.5) is 8.78 Å². The lowest BCUT2D eigenvalue weighted by Gasteiger charge is -2.37. The Bertz CT molecular complexity index is 464. The van der Waals surface area contributed by atoms with Crippen LogP contribution in [0.15, 0.2) is 16.6 Å². The van der Waals surface area contributed by atoms with Gasteiger partial charge in [-0.05, 0) is 60.8 Å². The van der Waals surface area contributed by atoms with Crippen molar-refractivity contribution in [3.63, 3.8) is 0 Å². The fourth-order valence-electron chi connectivity index (χ4n) is 2.32. The van der Waals surface area contributed by atoms with Crippen molar-refractivity contribution in [2.75, 3.05) is 13.7 Å². The Balaban J connectivity index is 3.09. The van der Waals surface area contributed by atoms with Crippen molar-refractivity contribution in [3.8, 4) is 0 Å². The fraction of sp³-hybridized carbons (Fsp3) is 0.625. The van der Waals surface area contributed by atoms with E-state index in [9.17, 15) is 8.78 Å². The molecule has 0 radical (unpaired) electrons. The molecule has 2 unspecified atom stereocenters. The van der Waals surface area contributed by atoms with Crippen LogP contribution in [0, 0.1) is 11.6 Å². The first-order chi connectivity index (χ1) is 9.89. The van der Waals surface area contributed by atoms with Crippen LogP contribution in [-0.4, -0.2) is 25.3 Å². The second kappa shape index (κ2) is 8.20. The molecule has 2 nitrogen and oxygen atoms in total.